The monoisotopic (exact) mass is 392 g/mol. The van der Waals surface area contributed by atoms with Gasteiger partial charge in [-0.05, 0) is 37.0 Å². The van der Waals surface area contributed by atoms with E-state index in [0.717, 1.165) is 36.2 Å². The fourth-order valence-electron chi connectivity index (χ4n) is 4.07. The first-order valence-electron chi connectivity index (χ1n) is 10.3. The lowest BCUT2D eigenvalue weighted by atomic mass is 9.95. The molecule has 4 rings (SSSR count). The van der Waals surface area contributed by atoms with Gasteiger partial charge in [-0.1, -0.05) is 26.0 Å². The Labute approximate surface area is 171 Å². The number of nitrogens with one attached hydrogen (secondary N) is 1. The normalized spacial score (nSPS) is 18.2. The molecule has 29 heavy (non-hydrogen) atoms. The summed E-state index contributed by atoms with van der Waals surface area (Å²) in [6.45, 7) is 5.76. The van der Waals surface area contributed by atoms with Crippen LogP contribution in [0.25, 0.3) is 11.0 Å². The summed E-state index contributed by atoms with van der Waals surface area (Å²) in [5.74, 6) is 1.82. The number of rotatable bonds is 5. The number of amides is 1. The Morgan fingerprint density at radius 1 is 1.17 bits per heavy atom. The largest absolute Gasteiger partial charge is 0.346 e. The van der Waals surface area contributed by atoms with Crippen molar-refractivity contribution in [1.82, 2.24) is 24.8 Å². The maximum atomic E-state index is 13.2. The first-order valence-corrected chi connectivity index (χ1v) is 10.3. The minimum atomic E-state index is -0.136. The Bertz CT molecular complexity index is 983. The molecule has 1 fully saturated rings. The number of para-hydroxylation sites is 2. The quantitative estimate of drug-likeness (QED) is 0.722. The number of benzene rings is 1. The molecule has 0 spiro atoms. The van der Waals surface area contributed by atoms with Gasteiger partial charge in [0.2, 0.25) is 11.9 Å². The standard InChI is InChI=1S/C22H28N6O/c1-15(2)19(20-25-17-9-4-5-10-18(17)27(20)3)26-21(29)16-8-6-13-28(14-16)22-23-11-7-12-24-22/h4-5,7,9-12,15-16,19H,6,8,13-14H2,1-3H3,(H,26,29). The highest BCUT2D eigenvalue weighted by Crippen LogP contribution is 2.27. The van der Waals surface area contributed by atoms with Gasteiger partial charge in [-0.3, -0.25) is 4.79 Å². The number of fused-ring (bicyclic) bond motifs is 1. The molecule has 1 aliphatic heterocycles. The molecule has 0 bridgehead atoms. The molecule has 3 aromatic rings. The second kappa shape index (κ2) is 8.19. The smallest absolute Gasteiger partial charge is 0.225 e. The Morgan fingerprint density at radius 2 is 1.93 bits per heavy atom. The summed E-state index contributed by atoms with van der Waals surface area (Å²) in [7, 11) is 2.02. The lowest BCUT2D eigenvalue weighted by molar-refractivity contribution is -0.126. The molecule has 0 saturated carbocycles. The molecule has 2 atom stereocenters. The fraction of sp³-hybridized carbons (Fsp3) is 0.455. The molecule has 3 heterocycles. The van der Waals surface area contributed by atoms with Crippen LogP contribution in [0.2, 0.25) is 0 Å². The highest BCUT2D eigenvalue weighted by atomic mass is 16.2. The lowest BCUT2D eigenvalue weighted by Gasteiger charge is -2.33. The van der Waals surface area contributed by atoms with Crippen LogP contribution in [0.3, 0.4) is 0 Å². The van der Waals surface area contributed by atoms with E-state index in [2.05, 4.69) is 44.7 Å². The second-order valence-corrected chi connectivity index (χ2v) is 8.08. The zero-order valence-electron chi connectivity index (χ0n) is 17.2. The van der Waals surface area contributed by atoms with Gasteiger partial charge < -0.3 is 14.8 Å². The average molecular weight is 393 g/mol. The molecule has 1 amide bonds. The number of aryl methyl sites for hydroxylation is 1. The number of anilines is 1. The molecule has 152 valence electrons. The van der Waals surface area contributed by atoms with E-state index in [-0.39, 0.29) is 23.8 Å². The van der Waals surface area contributed by atoms with Crippen LogP contribution in [0.4, 0.5) is 5.95 Å². The summed E-state index contributed by atoms with van der Waals surface area (Å²) in [6, 6.07) is 9.74. The summed E-state index contributed by atoms with van der Waals surface area (Å²) in [6.07, 6.45) is 5.32. The predicted octanol–water partition coefficient (Wildman–Crippen LogP) is 3.09. The number of aromatic nitrogens is 4. The minimum Gasteiger partial charge on any atom is -0.346 e. The molecule has 1 aliphatic rings. The van der Waals surface area contributed by atoms with E-state index in [4.69, 9.17) is 4.98 Å². The van der Waals surface area contributed by atoms with Crippen LogP contribution in [0.15, 0.2) is 42.7 Å². The molecule has 0 radical (unpaired) electrons. The van der Waals surface area contributed by atoms with Crippen molar-refractivity contribution < 1.29 is 4.79 Å². The first kappa shape index (κ1) is 19.4. The molecular formula is C22H28N6O. The Hall–Kier alpha value is -2.96. The molecule has 7 heteroatoms. The molecule has 2 unspecified atom stereocenters. The van der Waals surface area contributed by atoms with Crippen LogP contribution in [0, 0.1) is 11.8 Å². The van der Waals surface area contributed by atoms with Gasteiger partial charge in [0.1, 0.15) is 5.82 Å². The number of carbonyl (C=O) groups is 1. The number of piperidine rings is 1. The van der Waals surface area contributed by atoms with Crippen molar-refractivity contribution in [2.75, 3.05) is 18.0 Å². The van der Waals surface area contributed by atoms with Crippen molar-refractivity contribution >= 4 is 22.9 Å². The topological polar surface area (TPSA) is 75.9 Å². The highest BCUT2D eigenvalue weighted by molar-refractivity contribution is 5.80. The third-order valence-corrected chi connectivity index (χ3v) is 5.69. The summed E-state index contributed by atoms with van der Waals surface area (Å²) >= 11 is 0. The van der Waals surface area contributed by atoms with Gasteiger partial charge >= 0.3 is 0 Å². The second-order valence-electron chi connectivity index (χ2n) is 8.08. The van der Waals surface area contributed by atoms with E-state index >= 15 is 0 Å². The number of hydrogen-bond donors (Lipinski definition) is 1. The van der Waals surface area contributed by atoms with E-state index < -0.39 is 0 Å². The summed E-state index contributed by atoms with van der Waals surface area (Å²) in [5, 5.41) is 3.29. The van der Waals surface area contributed by atoms with Gasteiger partial charge in [-0.2, -0.15) is 0 Å². The van der Waals surface area contributed by atoms with E-state index in [1.54, 1.807) is 12.4 Å². The molecule has 7 nitrogen and oxygen atoms in total. The number of imidazole rings is 1. The van der Waals surface area contributed by atoms with Crippen molar-refractivity contribution in [2.24, 2.45) is 18.9 Å². The zero-order valence-corrected chi connectivity index (χ0v) is 17.2. The molecule has 1 aromatic carbocycles. The third kappa shape index (κ3) is 3.95. The Balaban J connectivity index is 1.52. The third-order valence-electron chi connectivity index (χ3n) is 5.69. The van der Waals surface area contributed by atoms with Crippen molar-refractivity contribution in [3.63, 3.8) is 0 Å². The van der Waals surface area contributed by atoms with Crippen molar-refractivity contribution in [3.05, 3.63) is 48.5 Å². The number of hydrogen-bond acceptors (Lipinski definition) is 5. The summed E-state index contributed by atoms with van der Waals surface area (Å²) in [5.41, 5.74) is 2.03. The van der Waals surface area contributed by atoms with Gasteiger partial charge in [0.25, 0.3) is 0 Å². The minimum absolute atomic E-state index is 0.0800. The van der Waals surface area contributed by atoms with Gasteiger partial charge in [0.15, 0.2) is 0 Å². The predicted molar refractivity (Wildman–Crippen MR) is 113 cm³/mol. The van der Waals surface area contributed by atoms with Gasteiger partial charge in [-0.25, -0.2) is 15.0 Å². The van der Waals surface area contributed by atoms with E-state index in [1.807, 2.05) is 31.3 Å². The van der Waals surface area contributed by atoms with Crippen LogP contribution in [-0.4, -0.2) is 38.5 Å². The van der Waals surface area contributed by atoms with Gasteiger partial charge in [-0.15, -0.1) is 0 Å². The first-order chi connectivity index (χ1) is 14.0. The van der Waals surface area contributed by atoms with Crippen LogP contribution in [0.5, 0.6) is 0 Å². The lowest BCUT2D eigenvalue weighted by Crippen LogP contribution is -2.45. The average Bonchev–Trinajstić information content (AvgIpc) is 3.09. The Kier molecular flexibility index (Phi) is 5.47. The Morgan fingerprint density at radius 3 is 2.66 bits per heavy atom. The van der Waals surface area contributed by atoms with Crippen LogP contribution >= 0.6 is 0 Å². The van der Waals surface area contributed by atoms with Crippen LogP contribution in [-0.2, 0) is 11.8 Å². The van der Waals surface area contributed by atoms with Gasteiger partial charge in [0, 0.05) is 32.5 Å². The number of nitrogens with zero attached hydrogens (tertiary/aromatic N) is 5. The van der Waals surface area contributed by atoms with E-state index in [9.17, 15) is 4.79 Å². The maximum absolute atomic E-state index is 13.2. The highest BCUT2D eigenvalue weighted by Gasteiger charge is 2.31. The number of carbonyl (C=O) groups excluding carboxylic acids is 1. The van der Waals surface area contributed by atoms with E-state index in [0.29, 0.717) is 12.5 Å². The SMILES string of the molecule is CC(C)C(NC(=O)C1CCCN(c2ncccn2)C1)c1nc2ccccc2n1C. The van der Waals surface area contributed by atoms with Crippen LogP contribution < -0.4 is 10.2 Å². The van der Waals surface area contributed by atoms with Crippen molar-refractivity contribution in [2.45, 2.75) is 32.7 Å². The zero-order chi connectivity index (χ0) is 20.4. The van der Waals surface area contributed by atoms with Crippen molar-refractivity contribution in [3.8, 4) is 0 Å². The maximum Gasteiger partial charge on any atom is 0.225 e. The van der Waals surface area contributed by atoms with Crippen molar-refractivity contribution in [1.29, 1.82) is 0 Å². The summed E-state index contributed by atoms with van der Waals surface area (Å²) in [4.78, 5) is 28.8. The fourth-order valence-corrected chi connectivity index (χ4v) is 4.07. The molecule has 2 aromatic heterocycles. The summed E-state index contributed by atoms with van der Waals surface area (Å²) < 4.78 is 2.09. The molecule has 1 saturated heterocycles. The van der Waals surface area contributed by atoms with E-state index in [1.165, 1.54) is 0 Å². The molecule has 1 N–H and O–H groups in total. The van der Waals surface area contributed by atoms with Crippen LogP contribution in [0.1, 0.15) is 38.6 Å². The van der Waals surface area contributed by atoms with Gasteiger partial charge in [0.05, 0.1) is 23.0 Å². The molecule has 0 aliphatic carbocycles. The molecular weight excluding hydrogens is 364 g/mol.